The molecule has 0 spiro atoms. The zero-order chi connectivity index (χ0) is 12.4. The predicted molar refractivity (Wildman–Crippen MR) is 66.9 cm³/mol. The summed E-state index contributed by atoms with van der Waals surface area (Å²) in [5.74, 6) is 0. The van der Waals surface area contributed by atoms with Gasteiger partial charge in [0.1, 0.15) is 5.69 Å². The van der Waals surface area contributed by atoms with Crippen molar-refractivity contribution in [2.75, 3.05) is 5.32 Å². The van der Waals surface area contributed by atoms with Crippen LogP contribution >= 0.6 is 0 Å². The highest BCUT2D eigenvalue weighted by atomic mass is 16.2. The van der Waals surface area contributed by atoms with E-state index in [4.69, 9.17) is 0 Å². The largest absolute Gasteiger partial charge is 0.350 e. The van der Waals surface area contributed by atoms with Gasteiger partial charge in [-0.05, 0) is 31.0 Å². The molecular formula is C12H13N3O2. The summed E-state index contributed by atoms with van der Waals surface area (Å²) < 4.78 is 0. The molecule has 5 nitrogen and oxygen atoms in total. The molecule has 0 unspecified atom stereocenters. The molecule has 5 heteroatoms. The lowest BCUT2D eigenvalue weighted by atomic mass is 10.1. The van der Waals surface area contributed by atoms with E-state index in [0.29, 0.717) is 5.69 Å². The second kappa shape index (κ2) is 4.29. The third kappa shape index (κ3) is 2.44. The highest BCUT2D eigenvalue weighted by Crippen LogP contribution is 2.18. The fraction of sp³-hybridized carbons (Fsp3) is 0.167. The Labute approximate surface area is 97.5 Å². The van der Waals surface area contributed by atoms with Gasteiger partial charge in [-0.3, -0.25) is 9.78 Å². The normalized spacial score (nSPS) is 10.2. The van der Waals surface area contributed by atoms with E-state index in [2.05, 4.69) is 15.3 Å². The van der Waals surface area contributed by atoms with Gasteiger partial charge in [-0.2, -0.15) is 0 Å². The van der Waals surface area contributed by atoms with Crippen LogP contribution in [0, 0.1) is 13.8 Å². The lowest BCUT2D eigenvalue weighted by Crippen LogP contribution is -2.23. The Hall–Kier alpha value is -2.30. The molecule has 0 amide bonds. The second-order valence-corrected chi connectivity index (χ2v) is 3.93. The molecule has 2 rings (SSSR count). The van der Waals surface area contributed by atoms with Crippen molar-refractivity contribution in [3.8, 4) is 0 Å². The van der Waals surface area contributed by atoms with Crippen LogP contribution in [0.15, 0.2) is 34.0 Å². The Kier molecular flexibility index (Phi) is 2.82. The molecule has 0 saturated heterocycles. The number of benzene rings is 1. The zero-order valence-corrected chi connectivity index (χ0v) is 9.63. The van der Waals surface area contributed by atoms with E-state index in [1.165, 1.54) is 6.20 Å². The third-order valence-corrected chi connectivity index (χ3v) is 2.48. The van der Waals surface area contributed by atoms with Crippen LogP contribution in [0.1, 0.15) is 11.1 Å². The van der Waals surface area contributed by atoms with Gasteiger partial charge >= 0.3 is 5.69 Å². The highest BCUT2D eigenvalue weighted by molar-refractivity contribution is 5.62. The number of hydrogen-bond donors (Lipinski definition) is 3. The summed E-state index contributed by atoms with van der Waals surface area (Å²) in [6.07, 6.45) is 1.36. The topological polar surface area (TPSA) is 77.8 Å². The second-order valence-electron chi connectivity index (χ2n) is 3.93. The SMILES string of the molecule is Cc1ccc(C)c(Nc2c[nH]c(=O)[nH]c2=O)c1. The number of hydrogen-bond acceptors (Lipinski definition) is 3. The van der Waals surface area contributed by atoms with Crippen LogP contribution in [0.2, 0.25) is 0 Å². The first-order chi connectivity index (χ1) is 8.06. The van der Waals surface area contributed by atoms with Gasteiger partial charge < -0.3 is 10.3 Å². The van der Waals surface area contributed by atoms with Crippen molar-refractivity contribution in [1.82, 2.24) is 9.97 Å². The molecule has 0 radical (unpaired) electrons. The van der Waals surface area contributed by atoms with Crippen molar-refractivity contribution in [3.63, 3.8) is 0 Å². The standard InChI is InChI=1S/C12H13N3O2/c1-7-3-4-8(2)9(5-7)14-10-6-13-12(17)15-11(10)16/h3-6,14H,1-2H3,(H2,13,15,16,17). The molecule has 0 aliphatic rings. The number of anilines is 2. The highest BCUT2D eigenvalue weighted by Gasteiger charge is 2.03. The van der Waals surface area contributed by atoms with Gasteiger partial charge in [0, 0.05) is 11.9 Å². The van der Waals surface area contributed by atoms with Crippen molar-refractivity contribution >= 4 is 11.4 Å². The molecular weight excluding hydrogens is 218 g/mol. The molecule has 0 bridgehead atoms. The smallest absolute Gasteiger partial charge is 0.325 e. The number of aryl methyl sites for hydroxylation is 2. The van der Waals surface area contributed by atoms with Crippen molar-refractivity contribution in [1.29, 1.82) is 0 Å². The summed E-state index contributed by atoms with van der Waals surface area (Å²) >= 11 is 0. The summed E-state index contributed by atoms with van der Waals surface area (Å²) in [6, 6.07) is 5.91. The number of H-pyrrole nitrogens is 2. The zero-order valence-electron chi connectivity index (χ0n) is 9.63. The van der Waals surface area contributed by atoms with E-state index < -0.39 is 11.2 Å². The third-order valence-electron chi connectivity index (χ3n) is 2.48. The van der Waals surface area contributed by atoms with Crippen LogP contribution in [0.5, 0.6) is 0 Å². The van der Waals surface area contributed by atoms with Gasteiger partial charge in [0.2, 0.25) is 0 Å². The quantitative estimate of drug-likeness (QED) is 0.731. The fourth-order valence-corrected chi connectivity index (χ4v) is 1.52. The molecule has 1 aromatic carbocycles. The first-order valence-corrected chi connectivity index (χ1v) is 5.22. The Morgan fingerprint density at radius 1 is 1.12 bits per heavy atom. The number of rotatable bonds is 2. The average Bonchev–Trinajstić information content (AvgIpc) is 2.27. The summed E-state index contributed by atoms with van der Waals surface area (Å²) in [5.41, 5.74) is 2.34. The van der Waals surface area contributed by atoms with Crippen LogP contribution in [-0.2, 0) is 0 Å². The molecule has 0 atom stereocenters. The molecule has 0 aliphatic carbocycles. The minimum absolute atomic E-state index is 0.318. The summed E-state index contributed by atoms with van der Waals surface area (Å²) in [5, 5.41) is 2.99. The molecule has 1 aromatic heterocycles. The van der Waals surface area contributed by atoms with Crippen LogP contribution in [0.3, 0.4) is 0 Å². The van der Waals surface area contributed by atoms with Gasteiger partial charge in [0.25, 0.3) is 5.56 Å². The van der Waals surface area contributed by atoms with Crippen molar-refractivity contribution in [2.45, 2.75) is 13.8 Å². The summed E-state index contributed by atoms with van der Waals surface area (Å²) in [6.45, 7) is 3.92. The van der Waals surface area contributed by atoms with E-state index >= 15 is 0 Å². The van der Waals surface area contributed by atoms with Gasteiger partial charge in [-0.15, -0.1) is 0 Å². The number of aromatic amines is 2. The van der Waals surface area contributed by atoms with Crippen molar-refractivity contribution in [2.24, 2.45) is 0 Å². The van der Waals surface area contributed by atoms with Crippen LogP contribution in [0.4, 0.5) is 11.4 Å². The molecule has 0 fully saturated rings. The monoisotopic (exact) mass is 231 g/mol. The number of aromatic nitrogens is 2. The first-order valence-electron chi connectivity index (χ1n) is 5.22. The van der Waals surface area contributed by atoms with E-state index in [1.807, 2.05) is 32.0 Å². The Bertz CT molecular complexity index is 655. The fourth-order valence-electron chi connectivity index (χ4n) is 1.52. The summed E-state index contributed by atoms with van der Waals surface area (Å²) in [7, 11) is 0. The van der Waals surface area contributed by atoms with Crippen molar-refractivity contribution < 1.29 is 0 Å². The van der Waals surface area contributed by atoms with Crippen molar-refractivity contribution in [3.05, 3.63) is 56.4 Å². The van der Waals surface area contributed by atoms with E-state index in [0.717, 1.165) is 16.8 Å². The van der Waals surface area contributed by atoms with E-state index in [9.17, 15) is 9.59 Å². The van der Waals surface area contributed by atoms with E-state index in [-0.39, 0.29) is 0 Å². The lowest BCUT2D eigenvalue weighted by Gasteiger charge is -2.09. The lowest BCUT2D eigenvalue weighted by molar-refractivity contribution is 1.04. The predicted octanol–water partition coefficient (Wildman–Crippen LogP) is 1.42. The molecule has 88 valence electrons. The molecule has 2 aromatic rings. The van der Waals surface area contributed by atoms with Gasteiger partial charge in [-0.25, -0.2) is 4.79 Å². The van der Waals surface area contributed by atoms with Gasteiger partial charge in [-0.1, -0.05) is 12.1 Å². The Morgan fingerprint density at radius 2 is 1.88 bits per heavy atom. The molecule has 0 saturated carbocycles. The van der Waals surface area contributed by atoms with Crippen LogP contribution in [0.25, 0.3) is 0 Å². The van der Waals surface area contributed by atoms with Crippen LogP contribution in [-0.4, -0.2) is 9.97 Å². The van der Waals surface area contributed by atoms with Crippen LogP contribution < -0.4 is 16.6 Å². The molecule has 3 N–H and O–H groups in total. The van der Waals surface area contributed by atoms with Gasteiger partial charge in [0.15, 0.2) is 0 Å². The summed E-state index contributed by atoms with van der Waals surface area (Å²) in [4.78, 5) is 27.0. The molecule has 0 aliphatic heterocycles. The first kappa shape index (κ1) is 11.2. The van der Waals surface area contributed by atoms with E-state index in [1.54, 1.807) is 0 Å². The molecule has 17 heavy (non-hydrogen) atoms. The Balaban J connectivity index is 2.41. The minimum Gasteiger partial charge on any atom is -0.350 e. The minimum atomic E-state index is -0.512. The Morgan fingerprint density at radius 3 is 2.59 bits per heavy atom. The maximum atomic E-state index is 11.5. The molecule has 1 heterocycles. The number of nitrogens with one attached hydrogen (secondary N) is 3. The average molecular weight is 231 g/mol. The maximum Gasteiger partial charge on any atom is 0.325 e. The maximum absolute atomic E-state index is 11.5. The van der Waals surface area contributed by atoms with Gasteiger partial charge in [0.05, 0.1) is 0 Å².